The van der Waals surface area contributed by atoms with Crippen molar-refractivity contribution in [2.75, 3.05) is 31.1 Å². The number of hydrogen-bond acceptors (Lipinski definition) is 4. The molecule has 4 heteroatoms. The summed E-state index contributed by atoms with van der Waals surface area (Å²) in [5, 5.41) is 0. The first-order valence-electron chi connectivity index (χ1n) is 6.97. The van der Waals surface area contributed by atoms with Crippen molar-refractivity contribution in [3.63, 3.8) is 0 Å². The Balaban J connectivity index is 2.17. The van der Waals surface area contributed by atoms with E-state index in [2.05, 4.69) is 30.2 Å². The SMILES string of the molecule is C=C(CC)c1c(N2CCN(C(C)C)CC2)c(=O)c1=O. The minimum absolute atomic E-state index is 0.331. The van der Waals surface area contributed by atoms with Gasteiger partial charge in [0.2, 0.25) is 10.9 Å². The molecule has 0 radical (unpaired) electrons. The van der Waals surface area contributed by atoms with Crippen LogP contribution in [0.1, 0.15) is 32.8 Å². The fraction of sp³-hybridized carbons (Fsp3) is 0.600. The summed E-state index contributed by atoms with van der Waals surface area (Å²) in [7, 11) is 0. The van der Waals surface area contributed by atoms with Gasteiger partial charge in [-0.1, -0.05) is 13.5 Å². The van der Waals surface area contributed by atoms with Crippen LogP contribution in [-0.2, 0) is 0 Å². The molecule has 0 spiro atoms. The zero-order valence-electron chi connectivity index (χ0n) is 12.0. The molecule has 0 bridgehead atoms. The Morgan fingerprint density at radius 3 is 2.21 bits per heavy atom. The van der Waals surface area contributed by atoms with Crippen LogP contribution in [0, 0.1) is 0 Å². The van der Waals surface area contributed by atoms with Crippen molar-refractivity contribution in [1.82, 2.24) is 4.90 Å². The number of anilines is 1. The summed E-state index contributed by atoms with van der Waals surface area (Å²) in [6.45, 7) is 13.7. The van der Waals surface area contributed by atoms with Crippen molar-refractivity contribution < 1.29 is 0 Å². The van der Waals surface area contributed by atoms with E-state index >= 15 is 0 Å². The molecule has 104 valence electrons. The van der Waals surface area contributed by atoms with Gasteiger partial charge in [0.1, 0.15) is 5.69 Å². The first-order chi connectivity index (χ1) is 8.97. The molecule has 1 aliphatic rings. The van der Waals surface area contributed by atoms with Gasteiger partial charge >= 0.3 is 0 Å². The molecule has 1 saturated heterocycles. The lowest BCUT2D eigenvalue weighted by molar-refractivity contribution is 0.209. The van der Waals surface area contributed by atoms with Gasteiger partial charge in [0.05, 0.1) is 5.56 Å². The smallest absolute Gasteiger partial charge is 0.250 e. The maximum atomic E-state index is 11.8. The summed E-state index contributed by atoms with van der Waals surface area (Å²) in [6.07, 6.45) is 0.712. The Kier molecular flexibility index (Phi) is 3.90. The summed E-state index contributed by atoms with van der Waals surface area (Å²) in [5.41, 5.74) is 1.28. The van der Waals surface area contributed by atoms with Gasteiger partial charge in [-0.3, -0.25) is 14.5 Å². The molecule has 0 aromatic heterocycles. The summed E-state index contributed by atoms with van der Waals surface area (Å²) in [6, 6.07) is 0.528. The molecule has 0 amide bonds. The Bertz CT molecular complexity index is 545. The predicted molar refractivity (Wildman–Crippen MR) is 79.6 cm³/mol. The highest BCUT2D eigenvalue weighted by molar-refractivity contribution is 5.79. The van der Waals surface area contributed by atoms with Gasteiger partial charge in [-0.2, -0.15) is 0 Å². The van der Waals surface area contributed by atoms with E-state index in [1.165, 1.54) is 0 Å². The number of rotatable bonds is 4. The third-order valence-corrected chi connectivity index (χ3v) is 4.03. The van der Waals surface area contributed by atoms with Crippen molar-refractivity contribution in [2.45, 2.75) is 33.2 Å². The van der Waals surface area contributed by atoms with Gasteiger partial charge in [-0.05, 0) is 25.8 Å². The average molecular weight is 262 g/mol. The molecule has 0 aliphatic carbocycles. The molecule has 4 nitrogen and oxygen atoms in total. The van der Waals surface area contributed by atoms with E-state index in [1.807, 2.05) is 6.92 Å². The molecule has 1 fully saturated rings. The normalized spacial score (nSPS) is 17.4. The molecule has 2 rings (SSSR count). The van der Waals surface area contributed by atoms with Crippen molar-refractivity contribution in [1.29, 1.82) is 0 Å². The Labute approximate surface area is 114 Å². The third kappa shape index (κ3) is 2.37. The second kappa shape index (κ2) is 5.29. The van der Waals surface area contributed by atoms with Crippen LogP contribution in [0.3, 0.4) is 0 Å². The van der Waals surface area contributed by atoms with Crippen molar-refractivity contribution in [2.24, 2.45) is 0 Å². The lowest BCUT2D eigenvalue weighted by Crippen LogP contribution is -2.53. The molecular formula is C15H22N2O2. The molecule has 1 heterocycles. The van der Waals surface area contributed by atoms with Crippen LogP contribution in [0.2, 0.25) is 0 Å². The maximum Gasteiger partial charge on any atom is 0.250 e. The molecule has 1 aromatic carbocycles. The van der Waals surface area contributed by atoms with Crippen LogP contribution in [0.4, 0.5) is 5.69 Å². The first-order valence-corrected chi connectivity index (χ1v) is 6.97. The largest absolute Gasteiger partial charge is 0.365 e. The van der Waals surface area contributed by atoms with Crippen LogP contribution in [-0.4, -0.2) is 37.1 Å². The van der Waals surface area contributed by atoms with Crippen molar-refractivity contribution in [3.05, 3.63) is 32.6 Å². The second-order valence-corrected chi connectivity index (χ2v) is 5.46. The molecule has 0 unspecified atom stereocenters. The van der Waals surface area contributed by atoms with Crippen LogP contribution < -0.4 is 15.8 Å². The molecule has 0 N–H and O–H groups in total. The van der Waals surface area contributed by atoms with Crippen molar-refractivity contribution in [3.8, 4) is 0 Å². The van der Waals surface area contributed by atoms with E-state index in [9.17, 15) is 9.59 Å². The summed E-state index contributed by atoms with van der Waals surface area (Å²) < 4.78 is 0. The monoisotopic (exact) mass is 262 g/mol. The number of piperazine rings is 1. The van der Waals surface area contributed by atoms with Gasteiger partial charge < -0.3 is 4.90 Å². The fourth-order valence-corrected chi connectivity index (χ4v) is 2.65. The third-order valence-electron chi connectivity index (χ3n) is 4.03. The quantitative estimate of drug-likeness (QED) is 0.765. The number of nitrogens with zero attached hydrogens (tertiary/aromatic N) is 2. The molecule has 0 saturated carbocycles. The fourth-order valence-electron chi connectivity index (χ4n) is 2.65. The number of hydrogen-bond donors (Lipinski definition) is 0. The minimum atomic E-state index is -0.354. The standard InChI is InChI=1S/C15H22N2O2/c1-5-11(4)12-13(15(19)14(12)18)17-8-6-16(7-9-17)10(2)3/h10H,4-9H2,1-3H3. The van der Waals surface area contributed by atoms with Crippen LogP contribution >= 0.6 is 0 Å². The highest BCUT2D eigenvalue weighted by Crippen LogP contribution is 2.24. The molecular weight excluding hydrogens is 240 g/mol. The summed E-state index contributed by atoms with van der Waals surface area (Å²) >= 11 is 0. The molecule has 1 aromatic rings. The highest BCUT2D eigenvalue weighted by Gasteiger charge is 2.29. The Hall–Kier alpha value is -1.42. The van der Waals surface area contributed by atoms with Crippen LogP contribution in [0.15, 0.2) is 16.2 Å². The summed E-state index contributed by atoms with van der Waals surface area (Å²) in [4.78, 5) is 27.9. The zero-order chi connectivity index (χ0) is 14.2. The average Bonchev–Trinajstić information content (AvgIpc) is 2.42. The van der Waals surface area contributed by atoms with Crippen molar-refractivity contribution >= 4 is 11.3 Å². The second-order valence-electron chi connectivity index (χ2n) is 5.46. The van der Waals surface area contributed by atoms with E-state index in [4.69, 9.17) is 0 Å². The molecule has 19 heavy (non-hydrogen) atoms. The maximum absolute atomic E-state index is 11.8. The van der Waals surface area contributed by atoms with Gasteiger partial charge in [0, 0.05) is 32.2 Å². The summed E-state index contributed by atoms with van der Waals surface area (Å²) in [5.74, 6) is 0. The molecule has 1 aliphatic heterocycles. The van der Waals surface area contributed by atoms with E-state index in [0.29, 0.717) is 23.7 Å². The van der Waals surface area contributed by atoms with E-state index in [1.54, 1.807) is 0 Å². The zero-order valence-corrected chi connectivity index (χ0v) is 12.0. The number of allylic oxidation sites excluding steroid dienone is 1. The lowest BCUT2D eigenvalue weighted by atomic mass is 9.96. The molecule has 0 atom stereocenters. The van der Waals surface area contributed by atoms with E-state index in [-0.39, 0.29) is 10.9 Å². The van der Waals surface area contributed by atoms with Crippen LogP contribution in [0.25, 0.3) is 5.57 Å². The van der Waals surface area contributed by atoms with Gasteiger partial charge in [-0.25, -0.2) is 0 Å². The van der Waals surface area contributed by atoms with E-state index in [0.717, 1.165) is 31.8 Å². The lowest BCUT2D eigenvalue weighted by Gasteiger charge is -2.39. The van der Waals surface area contributed by atoms with Crippen LogP contribution in [0.5, 0.6) is 0 Å². The predicted octanol–water partition coefficient (Wildman–Crippen LogP) is 1.24. The van der Waals surface area contributed by atoms with Gasteiger partial charge in [-0.15, -0.1) is 0 Å². The minimum Gasteiger partial charge on any atom is -0.365 e. The van der Waals surface area contributed by atoms with Gasteiger partial charge in [0.25, 0.3) is 0 Å². The Morgan fingerprint density at radius 1 is 1.16 bits per heavy atom. The van der Waals surface area contributed by atoms with Gasteiger partial charge in [0.15, 0.2) is 0 Å². The first kappa shape index (κ1) is 14.0. The van der Waals surface area contributed by atoms with E-state index < -0.39 is 0 Å². The highest BCUT2D eigenvalue weighted by atomic mass is 16.2. The Morgan fingerprint density at radius 2 is 1.74 bits per heavy atom. The topological polar surface area (TPSA) is 40.6 Å².